The molecule has 0 saturated heterocycles. The lowest BCUT2D eigenvalue weighted by molar-refractivity contribution is 0.600. The third-order valence-electron chi connectivity index (χ3n) is 3.27. The van der Waals surface area contributed by atoms with Gasteiger partial charge in [-0.05, 0) is 45.9 Å². The quantitative estimate of drug-likeness (QED) is 0.663. The second-order valence-electron chi connectivity index (χ2n) is 5.29. The molecule has 0 unspecified atom stereocenters. The van der Waals surface area contributed by atoms with Gasteiger partial charge in [-0.3, -0.25) is 0 Å². The minimum Gasteiger partial charge on any atom is -0.207 e. The van der Waals surface area contributed by atoms with E-state index in [2.05, 4.69) is 32.0 Å². The Morgan fingerprint density at radius 3 is 2.12 bits per heavy atom. The van der Waals surface area contributed by atoms with E-state index in [9.17, 15) is 4.39 Å². The van der Waals surface area contributed by atoms with Crippen molar-refractivity contribution in [2.75, 3.05) is 0 Å². The van der Waals surface area contributed by atoms with Gasteiger partial charge in [-0.2, -0.15) is 0 Å². The molecular weight excluding hydrogens is 211 g/mol. The van der Waals surface area contributed by atoms with Gasteiger partial charge >= 0.3 is 0 Å². The molecule has 0 atom stereocenters. The second-order valence-corrected chi connectivity index (χ2v) is 5.29. The van der Waals surface area contributed by atoms with Crippen molar-refractivity contribution in [2.24, 2.45) is 0 Å². The van der Waals surface area contributed by atoms with E-state index in [0.717, 1.165) is 16.3 Å². The summed E-state index contributed by atoms with van der Waals surface area (Å²) in [5, 5.41) is 2.12. The third kappa shape index (κ3) is 2.33. The van der Waals surface area contributed by atoms with Crippen LogP contribution in [0.5, 0.6) is 0 Å². The van der Waals surface area contributed by atoms with Gasteiger partial charge in [0.15, 0.2) is 0 Å². The standard InChI is InChI=1S/C16H19F/c1-10(2)12-5-6-13-8-15(11(3)4)16(17)9-14(13)7-12/h5-11H,1-4H3. The Bertz CT molecular complexity index is 538. The zero-order valence-electron chi connectivity index (χ0n) is 10.9. The maximum atomic E-state index is 13.9. The zero-order valence-corrected chi connectivity index (χ0v) is 10.9. The van der Waals surface area contributed by atoms with Crippen molar-refractivity contribution in [2.45, 2.75) is 39.5 Å². The Morgan fingerprint density at radius 1 is 0.824 bits per heavy atom. The predicted octanol–water partition coefficient (Wildman–Crippen LogP) is 5.23. The maximum absolute atomic E-state index is 13.9. The first-order valence-corrected chi connectivity index (χ1v) is 6.22. The topological polar surface area (TPSA) is 0 Å². The molecule has 0 N–H and O–H groups in total. The van der Waals surface area contributed by atoms with E-state index >= 15 is 0 Å². The average Bonchev–Trinajstić information content (AvgIpc) is 2.26. The summed E-state index contributed by atoms with van der Waals surface area (Å²) in [6, 6.07) is 9.95. The largest absolute Gasteiger partial charge is 0.207 e. The second kappa shape index (κ2) is 4.48. The molecule has 2 aromatic carbocycles. The van der Waals surface area contributed by atoms with Crippen LogP contribution < -0.4 is 0 Å². The normalized spacial score (nSPS) is 11.7. The van der Waals surface area contributed by atoms with Crippen LogP contribution >= 0.6 is 0 Å². The Kier molecular flexibility index (Phi) is 3.19. The molecule has 0 aliphatic carbocycles. The van der Waals surface area contributed by atoms with Crippen LogP contribution in [0, 0.1) is 5.82 Å². The first-order valence-electron chi connectivity index (χ1n) is 6.22. The van der Waals surface area contributed by atoms with Gasteiger partial charge in [0.25, 0.3) is 0 Å². The molecule has 2 aromatic rings. The zero-order chi connectivity index (χ0) is 12.6. The molecule has 2 rings (SSSR count). The fraction of sp³-hybridized carbons (Fsp3) is 0.375. The van der Waals surface area contributed by atoms with E-state index in [0.29, 0.717) is 5.92 Å². The molecule has 0 fully saturated rings. The summed E-state index contributed by atoms with van der Waals surface area (Å²) in [6.07, 6.45) is 0. The minimum atomic E-state index is -0.0894. The molecule has 0 aliphatic rings. The highest BCUT2D eigenvalue weighted by Crippen LogP contribution is 2.27. The summed E-state index contributed by atoms with van der Waals surface area (Å²) < 4.78 is 13.9. The molecule has 90 valence electrons. The van der Waals surface area contributed by atoms with Crippen LogP contribution in [0.2, 0.25) is 0 Å². The number of hydrogen-bond donors (Lipinski definition) is 0. The van der Waals surface area contributed by atoms with Crippen LogP contribution in [-0.2, 0) is 0 Å². The molecule has 0 saturated carbocycles. The number of benzene rings is 2. The predicted molar refractivity (Wildman–Crippen MR) is 72.1 cm³/mol. The fourth-order valence-corrected chi connectivity index (χ4v) is 2.11. The highest BCUT2D eigenvalue weighted by atomic mass is 19.1. The molecule has 0 nitrogen and oxygen atoms in total. The van der Waals surface area contributed by atoms with Crippen molar-refractivity contribution in [1.82, 2.24) is 0 Å². The molecular formula is C16H19F. The summed E-state index contributed by atoms with van der Waals surface area (Å²) in [6.45, 7) is 8.35. The monoisotopic (exact) mass is 230 g/mol. The SMILES string of the molecule is CC(C)c1ccc2cc(C(C)C)c(F)cc2c1. The molecule has 0 spiro atoms. The lowest BCUT2D eigenvalue weighted by Gasteiger charge is -2.11. The molecule has 17 heavy (non-hydrogen) atoms. The molecule has 0 amide bonds. The van der Waals surface area contributed by atoms with E-state index in [1.807, 2.05) is 19.9 Å². The van der Waals surface area contributed by atoms with E-state index in [-0.39, 0.29) is 11.7 Å². The van der Waals surface area contributed by atoms with Crippen molar-refractivity contribution < 1.29 is 4.39 Å². The Hall–Kier alpha value is -1.37. The minimum absolute atomic E-state index is 0.0894. The summed E-state index contributed by atoms with van der Waals surface area (Å²) >= 11 is 0. The summed E-state index contributed by atoms with van der Waals surface area (Å²) in [5.41, 5.74) is 2.06. The average molecular weight is 230 g/mol. The molecule has 0 heterocycles. The molecule has 0 bridgehead atoms. The third-order valence-corrected chi connectivity index (χ3v) is 3.27. The Morgan fingerprint density at radius 2 is 1.53 bits per heavy atom. The van der Waals surface area contributed by atoms with Gasteiger partial charge < -0.3 is 0 Å². The van der Waals surface area contributed by atoms with Crippen LogP contribution in [0.4, 0.5) is 4.39 Å². The van der Waals surface area contributed by atoms with Crippen molar-refractivity contribution in [3.63, 3.8) is 0 Å². The van der Waals surface area contributed by atoms with E-state index < -0.39 is 0 Å². The Balaban J connectivity index is 2.62. The van der Waals surface area contributed by atoms with Gasteiger partial charge in [0.05, 0.1) is 0 Å². The first kappa shape index (κ1) is 12.1. The molecule has 1 heteroatoms. The van der Waals surface area contributed by atoms with E-state index in [4.69, 9.17) is 0 Å². The number of halogens is 1. The van der Waals surface area contributed by atoms with Crippen LogP contribution in [-0.4, -0.2) is 0 Å². The van der Waals surface area contributed by atoms with E-state index in [1.54, 1.807) is 6.07 Å². The van der Waals surface area contributed by atoms with Gasteiger partial charge in [0, 0.05) is 0 Å². The lowest BCUT2D eigenvalue weighted by atomic mass is 9.95. The van der Waals surface area contributed by atoms with Crippen molar-refractivity contribution >= 4 is 10.8 Å². The summed E-state index contributed by atoms with van der Waals surface area (Å²) in [5.74, 6) is 0.616. The number of hydrogen-bond acceptors (Lipinski definition) is 0. The summed E-state index contributed by atoms with van der Waals surface area (Å²) in [7, 11) is 0. The van der Waals surface area contributed by atoms with Crippen molar-refractivity contribution in [1.29, 1.82) is 0 Å². The summed E-state index contributed by atoms with van der Waals surface area (Å²) in [4.78, 5) is 0. The van der Waals surface area contributed by atoms with Gasteiger partial charge in [-0.25, -0.2) is 4.39 Å². The Labute approximate surface area is 102 Å². The smallest absolute Gasteiger partial charge is 0.127 e. The van der Waals surface area contributed by atoms with Crippen molar-refractivity contribution in [3.05, 3.63) is 47.3 Å². The first-order chi connectivity index (χ1) is 7.99. The maximum Gasteiger partial charge on any atom is 0.127 e. The fourth-order valence-electron chi connectivity index (χ4n) is 2.11. The van der Waals surface area contributed by atoms with Gasteiger partial charge in [0.1, 0.15) is 5.82 Å². The number of rotatable bonds is 2. The highest BCUT2D eigenvalue weighted by molar-refractivity contribution is 5.84. The van der Waals surface area contributed by atoms with Crippen LogP contribution in [0.25, 0.3) is 10.8 Å². The molecule has 0 aromatic heterocycles. The lowest BCUT2D eigenvalue weighted by Crippen LogP contribution is -1.94. The van der Waals surface area contributed by atoms with Crippen molar-refractivity contribution in [3.8, 4) is 0 Å². The van der Waals surface area contributed by atoms with Crippen LogP contribution in [0.1, 0.15) is 50.7 Å². The molecule has 0 radical (unpaired) electrons. The number of fused-ring (bicyclic) bond motifs is 1. The van der Waals surface area contributed by atoms with Gasteiger partial charge in [-0.15, -0.1) is 0 Å². The van der Waals surface area contributed by atoms with Gasteiger partial charge in [0.2, 0.25) is 0 Å². The van der Waals surface area contributed by atoms with Crippen LogP contribution in [0.15, 0.2) is 30.3 Å². The highest BCUT2D eigenvalue weighted by Gasteiger charge is 2.09. The van der Waals surface area contributed by atoms with Crippen LogP contribution in [0.3, 0.4) is 0 Å². The van der Waals surface area contributed by atoms with Gasteiger partial charge in [-0.1, -0.05) is 45.9 Å². The molecule has 0 aliphatic heterocycles. The van der Waals surface area contributed by atoms with E-state index in [1.165, 1.54) is 5.56 Å².